The van der Waals surface area contributed by atoms with E-state index in [-0.39, 0.29) is 6.03 Å². The molecule has 1 aliphatic rings. The van der Waals surface area contributed by atoms with Gasteiger partial charge in [-0.2, -0.15) is 0 Å². The topological polar surface area (TPSA) is 23.6 Å². The molecule has 1 rings (SSSR count). The van der Waals surface area contributed by atoms with Crippen molar-refractivity contribution in [2.75, 3.05) is 14.1 Å². The van der Waals surface area contributed by atoms with Crippen molar-refractivity contribution in [3.8, 4) is 0 Å². The maximum atomic E-state index is 11.8. The fourth-order valence-electron chi connectivity index (χ4n) is 1.52. The molecule has 1 aliphatic carbocycles. The number of carbonyl (C=O) groups excluding carboxylic acids is 1. The quantitative estimate of drug-likeness (QED) is 0.662. The highest BCUT2D eigenvalue weighted by Gasteiger charge is 2.18. The summed E-state index contributed by atoms with van der Waals surface area (Å²) in [7, 11) is 3.54. The molecule has 0 spiro atoms. The monoisotopic (exact) mass is 194 g/mol. The van der Waals surface area contributed by atoms with Crippen molar-refractivity contribution < 1.29 is 4.79 Å². The molecule has 3 nitrogen and oxygen atoms in total. The van der Waals surface area contributed by atoms with E-state index in [0.717, 1.165) is 25.0 Å². The minimum Gasteiger partial charge on any atom is -0.330 e. The highest BCUT2D eigenvalue weighted by atomic mass is 16.2. The molecule has 0 radical (unpaired) electrons. The second kappa shape index (κ2) is 4.84. The van der Waals surface area contributed by atoms with Crippen molar-refractivity contribution >= 4 is 6.03 Å². The zero-order chi connectivity index (χ0) is 10.6. The van der Waals surface area contributed by atoms with Crippen LogP contribution in [0.5, 0.6) is 0 Å². The lowest BCUT2D eigenvalue weighted by Gasteiger charge is -2.23. The SMILES string of the molecule is C/C=C/N(C(=O)N(C)C)C1=CCCC1. The molecule has 0 N–H and O–H groups in total. The van der Waals surface area contributed by atoms with Crippen molar-refractivity contribution in [1.82, 2.24) is 9.80 Å². The average molecular weight is 194 g/mol. The normalized spacial score (nSPS) is 15.8. The minimum absolute atomic E-state index is 0.0243. The van der Waals surface area contributed by atoms with Crippen molar-refractivity contribution in [2.24, 2.45) is 0 Å². The highest BCUT2D eigenvalue weighted by Crippen LogP contribution is 2.22. The molecule has 0 heterocycles. The van der Waals surface area contributed by atoms with Crippen LogP contribution in [0.3, 0.4) is 0 Å². The van der Waals surface area contributed by atoms with E-state index >= 15 is 0 Å². The van der Waals surface area contributed by atoms with Crippen LogP contribution in [-0.2, 0) is 0 Å². The third-order valence-corrected chi connectivity index (χ3v) is 2.21. The van der Waals surface area contributed by atoms with Crippen LogP contribution in [0, 0.1) is 0 Å². The van der Waals surface area contributed by atoms with Gasteiger partial charge in [0.1, 0.15) is 0 Å². The second-order valence-electron chi connectivity index (χ2n) is 3.62. The fraction of sp³-hybridized carbons (Fsp3) is 0.545. The van der Waals surface area contributed by atoms with Crippen LogP contribution in [0.4, 0.5) is 4.79 Å². The Labute approximate surface area is 85.7 Å². The Kier molecular flexibility index (Phi) is 3.74. The van der Waals surface area contributed by atoms with Gasteiger partial charge in [-0.1, -0.05) is 12.2 Å². The molecule has 0 saturated carbocycles. The van der Waals surface area contributed by atoms with E-state index in [0.29, 0.717) is 0 Å². The Morgan fingerprint density at radius 2 is 2.21 bits per heavy atom. The lowest BCUT2D eigenvalue weighted by molar-refractivity contribution is 0.197. The predicted molar refractivity (Wildman–Crippen MR) is 57.7 cm³/mol. The maximum Gasteiger partial charge on any atom is 0.327 e. The largest absolute Gasteiger partial charge is 0.330 e. The van der Waals surface area contributed by atoms with Gasteiger partial charge in [-0.05, 0) is 26.2 Å². The number of hydrogen-bond acceptors (Lipinski definition) is 1. The molecule has 0 aliphatic heterocycles. The Hall–Kier alpha value is -1.25. The maximum absolute atomic E-state index is 11.8. The molecule has 0 aromatic heterocycles. The Morgan fingerprint density at radius 1 is 1.50 bits per heavy atom. The summed E-state index contributed by atoms with van der Waals surface area (Å²) < 4.78 is 0. The van der Waals surface area contributed by atoms with Gasteiger partial charge in [0, 0.05) is 26.0 Å². The second-order valence-corrected chi connectivity index (χ2v) is 3.62. The van der Waals surface area contributed by atoms with Crippen molar-refractivity contribution in [2.45, 2.75) is 26.2 Å². The van der Waals surface area contributed by atoms with E-state index < -0.39 is 0 Å². The van der Waals surface area contributed by atoms with Gasteiger partial charge in [0.25, 0.3) is 0 Å². The molecular weight excluding hydrogens is 176 g/mol. The Morgan fingerprint density at radius 3 is 2.64 bits per heavy atom. The van der Waals surface area contributed by atoms with Gasteiger partial charge in [-0.3, -0.25) is 4.90 Å². The zero-order valence-corrected chi connectivity index (χ0v) is 9.16. The molecule has 2 amide bonds. The van der Waals surface area contributed by atoms with Gasteiger partial charge in [-0.25, -0.2) is 4.79 Å². The summed E-state index contributed by atoms with van der Waals surface area (Å²) in [6, 6.07) is 0.0243. The van der Waals surface area contributed by atoms with Crippen LogP contribution in [-0.4, -0.2) is 29.9 Å². The van der Waals surface area contributed by atoms with Gasteiger partial charge < -0.3 is 4.90 Å². The van der Waals surface area contributed by atoms with E-state index in [9.17, 15) is 4.79 Å². The number of allylic oxidation sites excluding steroid dienone is 3. The van der Waals surface area contributed by atoms with Crippen LogP contribution < -0.4 is 0 Å². The average Bonchev–Trinajstić information content (AvgIpc) is 2.65. The van der Waals surface area contributed by atoms with Crippen LogP contribution in [0.15, 0.2) is 24.0 Å². The number of rotatable bonds is 2. The van der Waals surface area contributed by atoms with Gasteiger partial charge >= 0.3 is 6.03 Å². The van der Waals surface area contributed by atoms with Crippen molar-refractivity contribution in [1.29, 1.82) is 0 Å². The summed E-state index contributed by atoms with van der Waals surface area (Å²) in [6.07, 6.45) is 9.11. The molecule has 3 heteroatoms. The summed E-state index contributed by atoms with van der Waals surface area (Å²) in [5.41, 5.74) is 1.13. The predicted octanol–water partition coefficient (Wildman–Crippen LogP) is 2.57. The van der Waals surface area contributed by atoms with Crippen LogP contribution in [0.1, 0.15) is 26.2 Å². The molecule has 0 saturated heterocycles. The molecule has 14 heavy (non-hydrogen) atoms. The lowest BCUT2D eigenvalue weighted by atomic mass is 10.3. The van der Waals surface area contributed by atoms with Gasteiger partial charge in [0.05, 0.1) is 0 Å². The van der Waals surface area contributed by atoms with Gasteiger partial charge in [0.2, 0.25) is 0 Å². The third kappa shape index (κ3) is 2.37. The van der Waals surface area contributed by atoms with Crippen LogP contribution in [0.2, 0.25) is 0 Å². The summed E-state index contributed by atoms with van der Waals surface area (Å²) in [5, 5.41) is 0. The van der Waals surface area contributed by atoms with E-state index in [4.69, 9.17) is 0 Å². The smallest absolute Gasteiger partial charge is 0.327 e. The van der Waals surface area contributed by atoms with Crippen molar-refractivity contribution in [3.63, 3.8) is 0 Å². The first-order chi connectivity index (χ1) is 6.66. The Bertz CT molecular complexity index is 266. The third-order valence-electron chi connectivity index (χ3n) is 2.21. The van der Waals surface area contributed by atoms with Crippen LogP contribution in [0.25, 0.3) is 0 Å². The fourth-order valence-corrected chi connectivity index (χ4v) is 1.52. The standard InChI is InChI=1S/C11H18N2O/c1-4-9-13(11(14)12(2)3)10-7-5-6-8-10/h4,7,9H,5-6,8H2,1-3H3/b9-4+. The summed E-state index contributed by atoms with van der Waals surface area (Å²) in [6.45, 7) is 1.92. The van der Waals surface area contributed by atoms with Gasteiger partial charge in [0.15, 0.2) is 0 Å². The van der Waals surface area contributed by atoms with Crippen molar-refractivity contribution in [3.05, 3.63) is 24.0 Å². The van der Waals surface area contributed by atoms with E-state index in [2.05, 4.69) is 6.08 Å². The molecular formula is C11H18N2O. The number of nitrogens with zero attached hydrogens (tertiary/aromatic N) is 2. The molecule has 0 aromatic carbocycles. The number of carbonyl (C=O) groups is 1. The van der Waals surface area contributed by atoms with E-state index in [1.807, 2.05) is 19.2 Å². The first-order valence-electron chi connectivity index (χ1n) is 4.99. The molecule has 0 unspecified atom stereocenters. The number of urea groups is 1. The van der Waals surface area contributed by atoms with Gasteiger partial charge in [-0.15, -0.1) is 0 Å². The summed E-state index contributed by atoms with van der Waals surface area (Å²) in [4.78, 5) is 15.1. The number of hydrogen-bond donors (Lipinski definition) is 0. The highest BCUT2D eigenvalue weighted by molar-refractivity contribution is 5.77. The minimum atomic E-state index is 0.0243. The molecule has 0 bridgehead atoms. The van der Waals surface area contributed by atoms with E-state index in [1.54, 1.807) is 23.9 Å². The molecule has 78 valence electrons. The van der Waals surface area contributed by atoms with E-state index in [1.165, 1.54) is 0 Å². The Balaban J connectivity index is 2.78. The lowest BCUT2D eigenvalue weighted by Crippen LogP contribution is -2.34. The number of amides is 2. The summed E-state index contributed by atoms with van der Waals surface area (Å²) in [5.74, 6) is 0. The first kappa shape index (κ1) is 10.8. The zero-order valence-electron chi connectivity index (χ0n) is 9.16. The van der Waals surface area contributed by atoms with Crippen LogP contribution >= 0.6 is 0 Å². The molecule has 0 atom stereocenters. The molecule has 0 fully saturated rings. The summed E-state index contributed by atoms with van der Waals surface area (Å²) >= 11 is 0. The molecule has 0 aromatic rings. The first-order valence-corrected chi connectivity index (χ1v) is 4.99.